The molecule has 1 fully saturated rings. The standard InChI is InChI=1S/C20H23N3O2S/c1-15-10-16(2)13-23(12-15)26(24,25)18-7-5-6-17(11-18)19-14-22-9-4-3-8-20(22)21-19/h3-9,11,14-16H,10,12-13H2,1-2H3/t15-,16-/m1/s1. The van der Waals surface area contributed by atoms with Crippen LogP contribution in [0.4, 0.5) is 0 Å². The van der Waals surface area contributed by atoms with Crippen molar-refractivity contribution in [3.8, 4) is 11.3 Å². The summed E-state index contributed by atoms with van der Waals surface area (Å²) in [5.74, 6) is 0.769. The molecule has 0 N–H and O–H groups in total. The van der Waals surface area contributed by atoms with Crippen LogP contribution in [0.3, 0.4) is 0 Å². The van der Waals surface area contributed by atoms with E-state index in [0.717, 1.165) is 23.3 Å². The van der Waals surface area contributed by atoms with Gasteiger partial charge in [0, 0.05) is 31.0 Å². The van der Waals surface area contributed by atoms with Crippen molar-refractivity contribution >= 4 is 15.7 Å². The molecule has 136 valence electrons. The van der Waals surface area contributed by atoms with E-state index in [9.17, 15) is 8.42 Å². The summed E-state index contributed by atoms with van der Waals surface area (Å²) in [6.07, 6.45) is 4.93. The van der Waals surface area contributed by atoms with Gasteiger partial charge < -0.3 is 4.40 Å². The van der Waals surface area contributed by atoms with Crippen LogP contribution < -0.4 is 0 Å². The number of fused-ring (bicyclic) bond motifs is 1. The van der Waals surface area contributed by atoms with Crippen LogP contribution >= 0.6 is 0 Å². The Morgan fingerprint density at radius 1 is 1.04 bits per heavy atom. The summed E-state index contributed by atoms with van der Waals surface area (Å²) >= 11 is 0. The molecule has 5 nitrogen and oxygen atoms in total. The van der Waals surface area contributed by atoms with Crippen molar-refractivity contribution in [3.63, 3.8) is 0 Å². The zero-order chi connectivity index (χ0) is 18.3. The molecule has 0 aliphatic carbocycles. The molecule has 26 heavy (non-hydrogen) atoms. The van der Waals surface area contributed by atoms with Gasteiger partial charge in [-0.1, -0.05) is 32.0 Å². The predicted molar refractivity (Wildman–Crippen MR) is 102 cm³/mol. The first kappa shape index (κ1) is 17.2. The largest absolute Gasteiger partial charge is 0.306 e. The summed E-state index contributed by atoms with van der Waals surface area (Å²) in [5.41, 5.74) is 2.43. The maximum atomic E-state index is 13.1. The van der Waals surface area contributed by atoms with Gasteiger partial charge in [-0.3, -0.25) is 0 Å². The fourth-order valence-corrected chi connectivity index (χ4v) is 5.57. The average Bonchev–Trinajstić information content (AvgIpc) is 3.05. The third kappa shape index (κ3) is 3.15. The van der Waals surface area contributed by atoms with Crippen LogP contribution in [0.25, 0.3) is 16.9 Å². The lowest BCUT2D eigenvalue weighted by molar-refractivity contribution is 0.222. The van der Waals surface area contributed by atoms with Gasteiger partial charge in [0.05, 0.1) is 10.6 Å². The Morgan fingerprint density at radius 3 is 2.54 bits per heavy atom. The maximum absolute atomic E-state index is 13.1. The Hall–Kier alpha value is -2.18. The van der Waals surface area contributed by atoms with Crippen LogP contribution in [0, 0.1) is 11.8 Å². The molecule has 3 heterocycles. The van der Waals surface area contributed by atoms with Crippen LogP contribution in [0.1, 0.15) is 20.3 Å². The van der Waals surface area contributed by atoms with Crippen LogP contribution in [-0.4, -0.2) is 35.2 Å². The number of pyridine rings is 1. The highest BCUT2D eigenvalue weighted by Crippen LogP contribution is 2.29. The summed E-state index contributed by atoms with van der Waals surface area (Å²) in [6, 6.07) is 12.9. The number of aromatic nitrogens is 2. The molecule has 4 rings (SSSR count). The Kier molecular flexibility index (Phi) is 4.32. The van der Waals surface area contributed by atoms with Gasteiger partial charge in [0.25, 0.3) is 0 Å². The van der Waals surface area contributed by atoms with Gasteiger partial charge >= 0.3 is 0 Å². The molecule has 1 aliphatic rings. The molecular weight excluding hydrogens is 346 g/mol. The molecule has 1 aromatic carbocycles. The van der Waals surface area contributed by atoms with Crippen LogP contribution in [0.15, 0.2) is 59.8 Å². The summed E-state index contributed by atoms with van der Waals surface area (Å²) < 4.78 is 29.8. The van der Waals surface area contributed by atoms with Crippen molar-refractivity contribution in [1.82, 2.24) is 13.7 Å². The highest BCUT2D eigenvalue weighted by molar-refractivity contribution is 7.89. The Bertz CT molecular complexity index is 999. The number of hydrogen-bond donors (Lipinski definition) is 0. The first-order chi connectivity index (χ1) is 12.4. The van der Waals surface area contributed by atoms with Crippen LogP contribution in [0.5, 0.6) is 0 Å². The Labute approximate surface area is 154 Å². The molecule has 0 spiro atoms. The third-order valence-corrected chi connectivity index (χ3v) is 6.79. The summed E-state index contributed by atoms with van der Waals surface area (Å²) in [4.78, 5) is 4.94. The second-order valence-electron chi connectivity index (χ2n) is 7.39. The number of piperidine rings is 1. The number of nitrogens with zero attached hydrogens (tertiary/aromatic N) is 3. The monoisotopic (exact) mass is 369 g/mol. The zero-order valence-electron chi connectivity index (χ0n) is 15.0. The van der Waals surface area contributed by atoms with E-state index in [1.165, 1.54) is 0 Å². The first-order valence-electron chi connectivity index (χ1n) is 8.98. The minimum Gasteiger partial charge on any atom is -0.306 e. The van der Waals surface area contributed by atoms with Gasteiger partial charge in [-0.2, -0.15) is 4.31 Å². The van der Waals surface area contributed by atoms with Crippen LogP contribution in [0.2, 0.25) is 0 Å². The lowest BCUT2D eigenvalue weighted by Crippen LogP contribution is -2.42. The number of imidazole rings is 1. The second-order valence-corrected chi connectivity index (χ2v) is 9.33. The van der Waals surface area contributed by atoms with Crippen molar-refractivity contribution < 1.29 is 8.42 Å². The molecular formula is C20H23N3O2S. The van der Waals surface area contributed by atoms with E-state index in [2.05, 4.69) is 18.8 Å². The SMILES string of the molecule is C[C@@H]1C[C@@H](C)CN(S(=O)(=O)c2cccc(-c3cn4ccccc4n3)c2)C1. The van der Waals surface area contributed by atoms with Gasteiger partial charge in [0.2, 0.25) is 10.0 Å². The molecule has 0 bridgehead atoms. The van der Waals surface area contributed by atoms with Crippen molar-refractivity contribution in [3.05, 3.63) is 54.9 Å². The van der Waals surface area contributed by atoms with Crippen molar-refractivity contribution in [2.45, 2.75) is 25.2 Å². The van der Waals surface area contributed by atoms with Crippen molar-refractivity contribution in [2.75, 3.05) is 13.1 Å². The smallest absolute Gasteiger partial charge is 0.243 e. The Morgan fingerprint density at radius 2 is 1.81 bits per heavy atom. The summed E-state index contributed by atoms with van der Waals surface area (Å²) in [6.45, 7) is 5.41. The average molecular weight is 369 g/mol. The number of rotatable bonds is 3. The first-order valence-corrected chi connectivity index (χ1v) is 10.4. The van der Waals surface area contributed by atoms with E-state index >= 15 is 0 Å². The highest BCUT2D eigenvalue weighted by Gasteiger charge is 2.31. The third-order valence-electron chi connectivity index (χ3n) is 4.97. The number of sulfonamides is 1. The van der Waals surface area contributed by atoms with Gasteiger partial charge in [-0.15, -0.1) is 0 Å². The Balaban J connectivity index is 1.70. The highest BCUT2D eigenvalue weighted by atomic mass is 32.2. The normalized spacial score (nSPS) is 21.9. The molecule has 0 unspecified atom stereocenters. The molecule has 1 aliphatic heterocycles. The van der Waals surface area contributed by atoms with Crippen molar-refractivity contribution in [2.24, 2.45) is 11.8 Å². The predicted octanol–water partition coefficient (Wildman–Crippen LogP) is 3.67. The lowest BCUT2D eigenvalue weighted by Gasteiger charge is -2.34. The fourth-order valence-electron chi connectivity index (χ4n) is 3.84. The molecule has 1 saturated heterocycles. The second kappa shape index (κ2) is 6.52. The van der Waals surface area contributed by atoms with E-state index in [4.69, 9.17) is 0 Å². The molecule has 0 radical (unpaired) electrons. The molecule has 3 aromatic rings. The van der Waals surface area contributed by atoms with Gasteiger partial charge in [-0.05, 0) is 42.5 Å². The van der Waals surface area contributed by atoms with Gasteiger partial charge in [0.1, 0.15) is 5.65 Å². The fraction of sp³-hybridized carbons (Fsp3) is 0.350. The molecule has 0 saturated carbocycles. The number of hydrogen-bond acceptors (Lipinski definition) is 3. The zero-order valence-corrected chi connectivity index (χ0v) is 15.9. The van der Waals surface area contributed by atoms with Crippen molar-refractivity contribution in [1.29, 1.82) is 0 Å². The molecule has 0 amide bonds. The topological polar surface area (TPSA) is 54.7 Å². The lowest BCUT2D eigenvalue weighted by atomic mass is 9.94. The molecule has 6 heteroatoms. The van der Waals surface area contributed by atoms with Gasteiger partial charge in [0.15, 0.2) is 0 Å². The van der Waals surface area contributed by atoms with E-state index in [-0.39, 0.29) is 0 Å². The van der Waals surface area contributed by atoms with E-state index < -0.39 is 10.0 Å². The molecule has 2 atom stereocenters. The maximum Gasteiger partial charge on any atom is 0.243 e. The minimum atomic E-state index is -3.49. The molecule has 2 aromatic heterocycles. The summed E-state index contributed by atoms with van der Waals surface area (Å²) in [5, 5.41) is 0. The van der Waals surface area contributed by atoms with E-state index in [1.54, 1.807) is 22.5 Å². The van der Waals surface area contributed by atoms with E-state index in [0.29, 0.717) is 29.8 Å². The van der Waals surface area contributed by atoms with Crippen LogP contribution in [-0.2, 0) is 10.0 Å². The number of benzene rings is 1. The van der Waals surface area contributed by atoms with E-state index in [1.807, 2.05) is 41.1 Å². The minimum absolute atomic E-state index is 0.341. The summed E-state index contributed by atoms with van der Waals surface area (Å²) in [7, 11) is -3.49. The quantitative estimate of drug-likeness (QED) is 0.708. The van der Waals surface area contributed by atoms with Gasteiger partial charge in [-0.25, -0.2) is 13.4 Å².